The molecule has 12 heteroatoms. The number of imidazole rings is 1. The molecule has 2 aliphatic heterocycles. The predicted molar refractivity (Wildman–Crippen MR) is 151 cm³/mol. The zero-order valence-corrected chi connectivity index (χ0v) is 24.8. The standard InChI is InChI=1S/C29H37ClF4N6O/c1-6-20-14-38(26-24-27(37-28(30)36-26)39(18(5)35-24)15-21-8-7-11-41-21)17(4)13-40(20)25(16(2)3)19-9-10-22(23(31)12-19)29(32,33)34/h9-10,12,16-17,20-21,25H,6-8,11,13-15H2,1-5H3/t17-,20+,21-,25?/m0/s1. The quantitative estimate of drug-likeness (QED) is 0.221. The van der Waals surface area contributed by atoms with Crippen molar-refractivity contribution < 1.29 is 22.3 Å². The maximum atomic E-state index is 14.6. The number of ether oxygens (including phenoxy) is 1. The fourth-order valence-corrected chi connectivity index (χ4v) is 6.61. The third-order valence-corrected chi connectivity index (χ3v) is 8.57. The molecule has 0 aliphatic carbocycles. The summed E-state index contributed by atoms with van der Waals surface area (Å²) < 4.78 is 62.3. The van der Waals surface area contributed by atoms with Crippen molar-refractivity contribution in [1.82, 2.24) is 24.4 Å². The van der Waals surface area contributed by atoms with Gasteiger partial charge >= 0.3 is 6.18 Å². The van der Waals surface area contributed by atoms with E-state index in [0.717, 1.165) is 43.8 Å². The van der Waals surface area contributed by atoms with Crippen LogP contribution in [0.25, 0.3) is 11.2 Å². The van der Waals surface area contributed by atoms with Gasteiger partial charge in [-0.05, 0) is 68.3 Å². The number of nitrogens with zero attached hydrogens (tertiary/aromatic N) is 6. The van der Waals surface area contributed by atoms with E-state index in [1.807, 2.05) is 20.8 Å². The first kappa shape index (κ1) is 30.0. The van der Waals surface area contributed by atoms with Gasteiger partial charge in [0.2, 0.25) is 5.28 Å². The summed E-state index contributed by atoms with van der Waals surface area (Å²) in [6.45, 7) is 12.8. The van der Waals surface area contributed by atoms with Crippen molar-refractivity contribution >= 4 is 28.6 Å². The molecule has 224 valence electrons. The molecule has 5 rings (SSSR count). The average molecular weight is 597 g/mol. The van der Waals surface area contributed by atoms with E-state index in [9.17, 15) is 17.6 Å². The summed E-state index contributed by atoms with van der Waals surface area (Å²) in [6.07, 6.45) is -1.82. The molecule has 2 aliphatic rings. The minimum absolute atomic E-state index is 0.0304. The van der Waals surface area contributed by atoms with Gasteiger partial charge in [0, 0.05) is 37.8 Å². The molecule has 1 unspecified atom stereocenters. The Morgan fingerprint density at radius 3 is 2.51 bits per heavy atom. The molecule has 0 saturated carbocycles. The molecule has 0 spiro atoms. The van der Waals surface area contributed by atoms with Crippen LogP contribution in [0.3, 0.4) is 0 Å². The Morgan fingerprint density at radius 1 is 1.15 bits per heavy atom. The van der Waals surface area contributed by atoms with Gasteiger partial charge in [0.1, 0.15) is 11.6 Å². The molecule has 0 N–H and O–H groups in total. The topological polar surface area (TPSA) is 59.3 Å². The Bertz CT molecular complexity index is 1390. The minimum Gasteiger partial charge on any atom is -0.376 e. The number of hydrogen-bond donors (Lipinski definition) is 0. The summed E-state index contributed by atoms with van der Waals surface area (Å²) in [6, 6.07) is 3.06. The lowest BCUT2D eigenvalue weighted by atomic mass is 9.89. The highest BCUT2D eigenvalue weighted by molar-refractivity contribution is 6.28. The van der Waals surface area contributed by atoms with Gasteiger partial charge in [-0.25, -0.2) is 9.37 Å². The molecule has 0 radical (unpaired) electrons. The van der Waals surface area contributed by atoms with Crippen molar-refractivity contribution in [2.24, 2.45) is 5.92 Å². The first-order valence-corrected chi connectivity index (χ1v) is 14.7. The van der Waals surface area contributed by atoms with Crippen LogP contribution in [0.4, 0.5) is 23.4 Å². The minimum atomic E-state index is -4.73. The number of rotatable bonds is 7. The number of halogens is 5. The molecule has 4 heterocycles. The number of alkyl halides is 3. The van der Waals surface area contributed by atoms with Gasteiger partial charge in [0.25, 0.3) is 0 Å². The van der Waals surface area contributed by atoms with Gasteiger partial charge in [0.05, 0.1) is 18.2 Å². The van der Waals surface area contributed by atoms with E-state index in [1.54, 1.807) is 0 Å². The van der Waals surface area contributed by atoms with E-state index in [2.05, 4.69) is 38.2 Å². The largest absolute Gasteiger partial charge is 0.419 e. The van der Waals surface area contributed by atoms with Crippen molar-refractivity contribution in [3.63, 3.8) is 0 Å². The zero-order chi connectivity index (χ0) is 29.6. The van der Waals surface area contributed by atoms with Crippen LogP contribution in [0.5, 0.6) is 0 Å². The van der Waals surface area contributed by atoms with Crippen LogP contribution in [0.15, 0.2) is 18.2 Å². The Kier molecular flexibility index (Phi) is 8.51. The van der Waals surface area contributed by atoms with Gasteiger partial charge in [-0.1, -0.05) is 26.8 Å². The lowest BCUT2D eigenvalue weighted by molar-refractivity contribution is -0.140. The molecule has 7 nitrogen and oxygen atoms in total. The van der Waals surface area contributed by atoms with Crippen molar-refractivity contribution in [2.45, 2.75) is 90.8 Å². The fourth-order valence-electron chi connectivity index (χ4n) is 6.45. The summed E-state index contributed by atoms with van der Waals surface area (Å²) in [4.78, 5) is 18.5. The Hall–Kier alpha value is -2.50. The highest BCUT2D eigenvalue weighted by Crippen LogP contribution is 2.39. The Morgan fingerprint density at radius 2 is 1.90 bits per heavy atom. The summed E-state index contributed by atoms with van der Waals surface area (Å²) in [5.41, 5.74) is 0.662. The maximum Gasteiger partial charge on any atom is 0.419 e. The lowest BCUT2D eigenvalue weighted by Gasteiger charge is -2.50. The summed E-state index contributed by atoms with van der Waals surface area (Å²) in [5, 5.41) is 0.143. The molecular formula is C29H37ClF4N6O. The van der Waals surface area contributed by atoms with Crippen LogP contribution >= 0.6 is 11.6 Å². The monoisotopic (exact) mass is 596 g/mol. The molecule has 1 aromatic carbocycles. The average Bonchev–Trinajstić information content (AvgIpc) is 3.51. The molecule has 4 atom stereocenters. The van der Waals surface area contributed by atoms with E-state index >= 15 is 0 Å². The highest BCUT2D eigenvalue weighted by Gasteiger charge is 2.40. The molecule has 2 aromatic heterocycles. The van der Waals surface area contributed by atoms with Crippen LogP contribution in [0.1, 0.15) is 70.0 Å². The van der Waals surface area contributed by atoms with E-state index in [1.165, 1.54) is 6.07 Å². The van der Waals surface area contributed by atoms with E-state index in [4.69, 9.17) is 21.3 Å². The summed E-state index contributed by atoms with van der Waals surface area (Å²) in [7, 11) is 0. The second kappa shape index (κ2) is 11.6. The lowest BCUT2D eigenvalue weighted by Crippen LogP contribution is -2.59. The number of benzene rings is 1. The van der Waals surface area contributed by atoms with Crippen molar-refractivity contribution in [1.29, 1.82) is 0 Å². The predicted octanol–water partition coefficient (Wildman–Crippen LogP) is 6.81. The number of hydrogen-bond acceptors (Lipinski definition) is 6. The first-order chi connectivity index (χ1) is 19.4. The van der Waals surface area contributed by atoms with E-state index in [0.29, 0.717) is 42.2 Å². The Labute approximate surface area is 242 Å². The van der Waals surface area contributed by atoms with Gasteiger partial charge < -0.3 is 14.2 Å². The van der Waals surface area contributed by atoms with Gasteiger partial charge in [-0.2, -0.15) is 23.1 Å². The third-order valence-electron chi connectivity index (χ3n) is 8.41. The van der Waals surface area contributed by atoms with Gasteiger partial charge in [-0.15, -0.1) is 0 Å². The molecule has 0 bridgehead atoms. The van der Waals surface area contributed by atoms with Crippen LogP contribution < -0.4 is 4.90 Å². The van der Waals surface area contributed by atoms with Crippen LogP contribution in [-0.2, 0) is 17.5 Å². The molecule has 2 fully saturated rings. The third kappa shape index (κ3) is 5.90. The smallest absolute Gasteiger partial charge is 0.376 e. The second-order valence-electron chi connectivity index (χ2n) is 11.6. The van der Waals surface area contributed by atoms with Gasteiger partial charge in [0.15, 0.2) is 17.0 Å². The second-order valence-corrected chi connectivity index (χ2v) is 11.9. The normalized spacial score (nSPS) is 23.2. The number of aromatic nitrogens is 4. The number of aryl methyl sites for hydroxylation is 1. The zero-order valence-electron chi connectivity index (χ0n) is 24.0. The van der Waals surface area contributed by atoms with Crippen molar-refractivity contribution in [3.8, 4) is 0 Å². The number of anilines is 1. The fraction of sp³-hybridized carbons (Fsp3) is 0.621. The van der Waals surface area contributed by atoms with Gasteiger partial charge in [-0.3, -0.25) is 4.90 Å². The molecular weight excluding hydrogens is 560 g/mol. The van der Waals surface area contributed by atoms with Crippen LogP contribution in [-0.4, -0.2) is 62.3 Å². The highest BCUT2D eigenvalue weighted by atomic mass is 35.5. The molecule has 3 aromatic rings. The van der Waals surface area contributed by atoms with Crippen LogP contribution in [0, 0.1) is 18.7 Å². The summed E-state index contributed by atoms with van der Waals surface area (Å²) >= 11 is 6.47. The number of fused-ring (bicyclic) bond motifs is 1. The van der Waals surface area contributed by atoms with Crippen molar-refractivity contribution in [3.05, 3.63) is 46.3 Å². The molecule has 41 heavy (non-hydrogen) atoms. The SMILES string of the molecule is CC[C@@H]1CN(c2nc(Cl)nc3c2nc(C)n3C[C@@H]2CCCO2)[C@@H](C)CN1C(c1ccc(C(F)(F)F)c(F)c1)C(C)C. The molecule has 0 amide bonds. The summed E-state index contributed by atoms with van der Waals surface area (Å²) in [5.74, 6) is 0.278. The number of piperazine rings is 1. The van der Waals surface area contributed by atoms with E-state index in [-0.39, 0.29) is 35.4 Å². The maximum absolute atomic E-state index is 14.6. The van der Waals surface area contributed by atoms with Crippen LogP contribution in [0.2, 0.25) is 5.28 Å². The molecule has 2 saturated heterocycles. The Balaban J connectivity index is 1.47. The van der Waals surface area contributed by atoms with E-state index < -0.39 is 17.6 Å². The van der Waals surface area contributed by atoms with Crippen molar-refractivity contribution in [2.75, 3.05) is 24.6 Å². The first-order valence-electron chi connectivity index (χ1n) is 14.3.